The molecular formula is C20H27FN4O3. The lowest BCUT2D eigenvalue weighted by Crippen LogP contribution is -2.42. The summed E-state index contributed by atoms with van der Waals surface area (Å²) in [6.45, 7) is 6.12. The number of carbonyl (C=O) groups is 2. The third-order valence-electron chi connectivity index (χ3n) is 3.74. The summed E-state index contributed by atoms with van der Waals surface area (Å²) in [4.78, 5) is 28.5. The van der Waals surface area contributed by atoms with Gasteiger partial charge in [-0.05, 0) is 65.2 Å². The van der Waals surface area contributed by atoms with Crippen molar-refractivity contribution < 1.29 is 18.7 Å². The Balaban J connectivity index is 2.16. The van der Waals surface area contributed by atoms with E-state index < -0.39 is 11.6 Å². The molecule has 0 aliphatic carbocycles. The van der Waals surface area contributed by atoms with Crippen LogP contribution in [0.5, 0.6) is 0 Å². The third-order valence-corrected chi connectivity index (χ3v) is 3.74. The van der Waals surface area contributed by atoms with Crippen molar-refractivity contribution in [2.45, 2.75) is 26.4 Å². The Hall–Kier alpha value is -2.74. The van der Waals surface area contributed by atoms with Crippen LogP contribution in [0.25, 0.3) is 5.69 Å². The predicted octanol–water partition coefficient (Wildman–Crippen LogP) is 2.36. The Morgan fingerprint density at radius 3 is 2.32 bits per heavy atom. The highest BCUT2D eigenvalue weighted by Gasteiger charge is 2.24. The van der Waals surface area contributed by atoms with Gasteiger partial charge in [0.25, 0.3) is 5.91 Å². The fourth-order valence-corrected chi connectivity index (χ4v) is 2.44. The van der Waals surface area contributed by atoms with Gasteiger partial charge in [-0.2, -0.15) is 5.10 Å². The van der Waals surface area contributed by atoms with Gasteiger partial charge >= 0.3 is 5.97 Å². The Morgan fingerprint density at radius 2 is 1.75 bits per heavy atom. The zero-order valence-electron chi connectivity index (χ0n) is 17.0. The Morgan fingerprint density at radius 1 is 1.11 bits per heavy atom. The summed E-state index contributed by atoms with van der Waals surface area (Å²) in [6, 6.07) is 7.36. The highest BCUT2D eigenvalue weighted by atomic mass is 19.1. The summed E-state index contributed by atoms with van der Waals surface area (Å²) in [5, 5.41) is 4.28. The molecule has 28 heavy (non-hydrogen) atoms. The number of rotatable bonds is 7. The smallest absolute Gasteiger partial charge is 0.326 e. The summed E-state index contributed by atoms with van der Waals surface area (Å²) in [5.74, 6) is -1.19. The van der Waals surface area contributed by atoms with Crippen LogP contribution in [0.4, 0.5) is 4.39 Å². The van der Waals surface area contributed by atoms with E-state index in [-0.39, 0.29) is 24.0 Å². The van der Waals surface area contributed by atoms with Gasteiger partial charge in [-0.15, -0.1) is 0 Å². The third kappa shape index (κ3) is 6.45. The van der Waals surface area contributed by atoms with Gasteiger partial charge in [0, 0.05) is 19.3 Å². The maximum Gasteiger partial charge on any atom is 0.326 e. The molecule has 0 bridgehead atoms. The van der Waals surface area contributed by atoms with E-state index in [1.807, 2.05) is 19.0 Å². The van der Waals surface area contributed by atoms with Crippen LogP contribution in [0, 0.1) is 5.82 Å². The Kier molecular flexibility index (Phi) is 6.90. The number of carbonyl (C=O) groups excluding carboxylic acids is 2. The van der Waals surface area contributed by atoms with E-state index in [0.29, 0.717) is 18.8 Å². The molecule has 152 valence electrons. The minimum Gasteiger partial charge on any atom is -0.459 e. The number of likely N-dealkylation sites (N-methyl/N-ethyl adjacent to an activating group) is 1. The van der Waals surface area contributed by atoms with Gasteiger partial charge in [-0.1, -0.05) is 0 Å². The van der Waals surface area contributed by atoms with Gasteiger partial charge < -0.3 is 14.5 Å². The average Bonchev–Trinajstić information content (AvgIpc) is 3.07. The molecule has 1 amide bonds. The molecule has 0 saturated carbocycles. The van der Waals surface area contributed by atoms with Gasteiger partial charge in [0.2, 0.25) is 0 Å². The molecule has 1 aromatic heterocycles. The van der Waals surface area contributed by atoms with Gasteiger partial charge in [-0.3, -0.25) is 9.59 Å². The number of hydrogen-bond acceptors (Lipinski definition) is 5. The van der Waals surface area contributed by atoms with Gasteiger partial charge in [0.05, 0.1) is 5.69 Å². The first-order valence-corrected chi connectivity index (χ1v) is 9.02. The predicted molar refractivity (Wildman–Crippen MR) is 104 cm³/mol. The SMILES string of the molecule is CN(C)CCN(CC(=O)OC(C)(C)C)C(=O)c1ccn(-c2ccc(F)cc2)n1. The lowest BCUT2D eigenvalue weighted by molar-refractivity contribution is -0.155. The molecule has 0 saturated heterocycles. The van der Waals surface area contributed by atoms with E-state index in [0.717, 1.165) is 0 Å². The van der Waals surface area contributed by atoms with Gasteiger partial charge in [0.15, 0.2) is 5.69 Å². The first-order valence-electron chi connectivity index (χ1n) is 9.02. The van der Waals surface area contributed by atoms with Crippen LogP contribution in [0.3, 0.4) is 0 Å². The molecule has 1 heterocycles. The molecule has 0 aliphatic heterocycles. The van der Waals surface area contributed by atoms with Gasteiger partial charge in [-0.25, -0.2) is 9.07 Å². The number of benzene rings is 1. The van der Waals surface area contributed by atoms with Crippen molar-refractivity contribution in [2.75, 3.05) is 33.7 Å². The molecule has 0 aliphatic rings. The van der Waals surface area contributed by atoms with Crippen molar-refractivity contribution >= 4 is 11.9 Å². The molecule has 0 atom stereocenters. The number of nitrogens with zero attached hydrogens (tertiary/aromatic N) is 4. The molecule has 2 aromatic rings. The van der Waals surface area contributed by atoms with E-state index in [4.69, 9.17) is 4.74 Å². The van der Waals surface area contributed by atoms with Crippen molar-refractivity contribution in [3.63, 3.8) is 0 Å². The molecular weight excluding hydrogens is 363 g/mol. The Bertz CT molecular complexity index is 810. The van der Waals surface area contributed by atoms with Crippen LogP contribution in [0.1, 0.15) is 31.3 Å². The number of aromatic nitrogens is 2. The molecule has 2 rings (SSSR count). The second-order valence-electron chi connectivity index (χ2n) is 7.74. The molecule has 0 N–H and O–H groups in total. The fourth-order valence-electron chi connectivity index (χ4n) is 2.44. The number of halogens is 1. The summed E-state index contributed by atoms with van der Waals surface area (Å²) >= 11 is 0. The largest absolute Gasteiger partial charge is 0.459 e. The van der Waals surface area contributed by atoms with Crippen LogP contribution < -0.4 is 0 Å². The Labute approximate surface area is 164 Å². The molecule has 8 heteroatoms. The molecule has 0 spiro atoms. The van der Waals surface area contributed by atoms with Crippen LogP contribution in [0.2, 0.25) is 0 Å². The second kappa shape index (κ2) is 8.97. The zero-order chi connectivity index (χ0) is 20.9. The highest BCUT2D eigenvalue weighted by Crippen LogP contribution is 2.12. The maximum atomic E-state index is 13.1. The van der Waals surface area contributed by atoms with Crippen molar-refractivity contribution in [2.24, 2.45) is 0 Å². The van der Waals surface area contributed by atoms with Crippen molar-refractivity contribution in [3.05, 3.63) is 48.0 Å². The van der Waals surface area contributed by atoms with E-state index in [9.17, 15) is 14.0 Å². The van der Waals surface area contributed by atoms with Crippen LogP contribution in [0.15, 0.2) is 36.5 Å². The first-order chi connectivity index (χ1) is 13.0. The lowest BCUT2D eigenvalue weighted by atomic mass is 10.2. The van der Waals surface area contributed by atoms with E-state index in [1.165, 1.54) is 21.7 Å². The number of ether oxygens (including phenoxy) is 1. The number of esters is 1. The molecule has 0 radical (unpaired) electrons. The zero-order valence-corrected chi connectivity index (χ0v) is 17.0. The minimum atomic E-state index is -0.627. The van der Waals surface area contributed by atoms with Crippen molar-refractivity contribution in [1.29, 1.82) is 0 Å². The molecule has 0 unspecified atom stereocenters. The minimum absolute atomic E-state index is 0.159. The highest BCUT2D eigenvalue weighted by molar-refractivity contribution is 5.94. The van der Waals surface area contributed by atoms with E-state index >= 15 is 0 Å². The fraction of sp³-hybridized carbons (Fsp3) is 0.450. The lowest BCUT2D eigenvalue weighted by Gasteiger charge is -2.25. The number of amides is 1. The van der Waals surface area contributed by atoms with Gasteiger partial charge in [0.1, 0.15) is 18.0 Å². The summed E-state index contributed by atoms with van der Waals surface area (Å²) in [5.41, 5.74) is 0.205. The summed E-state index contributed by atoms with van der Waals surface area (Å²) < 4.78 is 19.9. The summed E-state index contributed by atoms with van der Waals surface area (Å²) in [6.07, 6.45) is 1.62. The summed E-state index contributed by atoms with van der Waals surface area (Å²) in [7, 11) is 3.78. The quantitative estimate of drug-likeness (QED) is 0.679. The van der Waals surface area contributed by atoms with Crippen molar-refractivity contribution in [3.8, 4) is 5.69 Å². The van der Waals surface area contributed by atoms with Crippen LogP contribution in [-0.2, 0) is 9.53 Å². The molecule has 0 fully saturated rings. The van der Waals surface area contributed by atoms with Crippen LogP contribution >= 0.6 is 0 Å². The molecule has 7 nitrogen and oxygen atoms in total. The average molecular weight is 390 g/mol. The maximum absolute atomic E-state index is 13.1. The monoisotopic (exact) mass is 390 g/mol. The van der Waals surface area contributed by atoms with E-state index in [1.54, 1.807) is 45.2 Å². The van der Waals surface area contributed by atoms with Crippen LogP contribution in [-0.4, -0.2) is 70.8 Å². The molecule has 1 aromatic carbocycles. The van der Waals surface area contributed by atoms with E-state index in [2.05, 4.69) is 5.10 Å². The van der Waals surface area contributed by atoms with Crippen molar-refractivity contribution in [1.82, 2.24) is 19.6 Å². The topological polar surface area (TPSA) is 67.7 Å². The first kappa shape index (κ1) is 21.6. The normalized spacial score (nSPS) is 11.5. The second-order valence-corrected chi connectivity index (χ2v) is 7.74. The standard InChI is InChI=1S/C20H27FN4O3/c1-20(2,3)28-18(26)14-24(13-12-23(4)5)19(27)17-10-11-25(22-17)16-8-6-15(21)7-9-16/h6-11H,12-14H2,1-5H3. The number of hydrogen-bond donors (Lipinski definition) is 0.